The first-order valence-electron chi connectivity index (χ1n) is 7.06. The first kappa shape index (κ1) is 12.4. The Kier molecular flexibility index (Phi) is 3.80. The average molecular weight is 262 g/mol. The highest BCUT2D eigenvalue weighted by Crippen LogP contribution is 2.33. The third-order valence-corrected chi connectivity index (χ3v) is 5.21. The number of thioether (sulfide) groups is 1. The first-order valence-corrected chi connectivity index (χ1v) is 8.05. The molecule has 0 atom stereocenters. The van der Waals surface area contributed by atoms with Gasteiger partial charge in [-0.3, -0.25) is 0 Å². The van der Waals surface area contributed by atoms with E-state index in [-0.39, 0.29) is 0 Å². The standard InChI is InChI=1S/C15H22N2S/c16-13-4-1-11(2-5-13)9-12-3-6-15-14(10-12)17-7-8-18-15/h3,6,10-11,13,17H,1-2,4-5,7-9,16H2. The number of nitrogens with two attached hydrogens (primary N) is 1. The van der Waals surface area contributed by atoms with Crippen LogP contribution in [-0.2, 0) is 6.42 Å². The van der Waals surface area contributed by atoms with E-state index in [4.69, 9.17) is 5.73 Å². The lowest BCUT2D eigenvalue weighted by atomic mass is 9.83. The normalized spacial score (nSPS) is 27.4. The number of anilines is 1. The van der Waals surface area contributed by atoms with E-state index in [9.17, 15) is 0 Å². The average Bonchev–Trinajstić information content (AvgIpc) is 2.41. The van der Waals surface area contributed by atoms with Crippen LogP contribution in [-0.4, -0.2) is 18.3 Å². The van der Waals surface area contributed by atoms with Gasteiger partial charge in [0.25, 0.3) is 0 Å². The summed E-state index contributed by atoms with van der Waals surface area (Å²) < 4.78 is 0. The van der Waals surface area contributed by atoms with Gasteiger partial charge in [-0.1, -0.05) is 6.07 Å². The lowest BCUT2D eigenvalue weighted by Gasteiger charge is -2.26. The van der Waals surface area contributed by atoms with Crippen LogP contribution in [0.15, 0.2) is 23.1 Å². The molecule has 0 radical (unpaired) electrons. The topological polar surface area (TPSA) is 38.0 Å². The SMILES string of the molecule is NC1CCC(Cc2ccc3c(c2)NCCS3)CC1. The predicted octanol–water partition coefficient (Wildman–Crippen LogP) is 3.26. The molecule has 1 aromatic carbocycles. The minimum Gasteiger partial charge on any atom is -0.383 e. The van der Waals surface area contributed by atoms with Crippen LogP contribution in [0.1, 0.15) is 31.2 Å². The van der Waals surface area contributed by atoms with Crippen molar-refractivity contribution in [2.24, 2.45) is 11.7 Å². The Morgan fingerprint density at radius 2 is 2.06 bits per heavy atom. The van der Waals surface area contributed by atoms with Crippen molar-refractivity contribution in [3.8, 4) is 0 Å². The van der Waals surface area contributed by atoms with Crippen molar-refractivity contribution in [1.29, 1.82) is 0 Å². The highest BCUT2D eigenvalue weighted by molar-refractivity contribution is 7.99. The van der Waals surface area contributed by atoms with Crippen LogP contribution >= 0.6 is 11.8 Å². The van der Waals surface area contributed by atoms with E-state index in [1.54, 1.807) is 0 Å². The Morgan fingerprint density at radius 3 is 2.89 bits per heavy atom. The molecular weight excluding hydrogens is 240 g/mol. The van der Waals surface area contributed by atoms with E-state index < -0.39 is 0 Å². The van der Waals surface area contributed by atoms with Gasteiger partial charge in [-0.25, -0.2) is 0 Å². The maximum absolute atomic E-state index is 5.97. The maximum atomic E-state index is 5.97. The van der Waals surface area contributed by atoms with E-state index in [1.807, 2.05) is 11.8 Å². The Balaban J connectivity index is 1.66. The van der Waals surface area contributed by atoms with Gasteiger partial charge in [-0.2, -0.15) is 0 Å². The van der Waals surface area contributed by atoms with Gasteiger partial charge < -0.3 is 11.1 Å². The molecule has 18 heavy (non-hydrogen) atoms. The molecule has 2 aliphatic rings. The molecule has 98 valence electrons. The molecule has 3 rings (SSSR count). The molecular formula is C15H22N2S. The molecule has 3 N–H and O–H groups in total. The second-order valence-corrected chi connectivity index (χ2v) is 6.73. The van der Waals surface area contributed by atoms with Crippen LogP contribution in [0.25, 0.3) is 0 Å². The van der Waals surface area contributed by atoms with Crippen molar-refractivity contribution in [2.75, 3.05) is 17.6 Å². The summed E-state index contributed by atoms with van der Waals surface area (Å²) in [7, 11) is 0. The van der Waals surface area contributed by atoms with Gasteiger partial charge in [-0.05, 0) is 55.7 Å². The number of benzene rings is 1. The van der Waals surface area contributed by atoms with Crippen molar-refractivity contribution in [1.82, 2.24) is 0 Å². The van der Waals surface area contributed by atoms with Crippen molar-refractivity contribution in [3.63, 3.8) is 0 Å². The van der Waals surface area contributed by atoms with Crippen molar-refractivity contribution >= 4 is 17.4 Å². The summed E-state index contributed by atoms with van der Waals surface area (Å²) in [4.78, 5) is 1.41. The minimum absolute atomic E-state index is 0.461. The summed E-state index contributed by atoms with van der Waals surface area (Å²) in [6, 6.07) is 7.42. The first-order chi connectivity index (χ1) is 8.81. The molecule has 1 fully saturated rings. The molecule has 0 aromatic heterocycles. The quantitative estimate of drug-likeness (QED) is 0.859. The van der Waals surface area contributed by atoms with Crippen LogP contribution < -0.4 is 11.1 Å². The lowest BCUT2D eigenvalue weighted by molar-refractivity contribution is 0.325. The highest BCUT2D eigenvalue weighted by atomic mass is 32.2. The van der Waals surface area contributed by atoms with E-state index in [2.05, 4.69) is 23.5 Å². The van der Waals surface area contributed by atoms with Crippen LogP contribution in [0, 0.1) is 5.92 Å². The zero-order chi connectivity index (χ0) is 12.4. The minimum atomic E-state index is 0.461. The van der Waals surface area contributed by atoms with Gasteiger partial charge in [0.05, 0.1) is 0 Å². The molecule has 3 heteroatoms. The summed E-state index contributed by atoms with van der Waals surface area (Å²) in [5, 5.41) is 3.51. The fourth-order valence-corrected chi connectivity index (χ4v) is 3.92. The van der Waals surface area contributed by atoms with Crippen LogP contribution in [0.4, 0.5) is 5.69 Å². The number of hydrogen-bond donors (Lipinski definition) is 2. The van der Waals surface area contributed by atoms with E-state index >= 15 is 0 Å². The van der Waals surface area contributed by atoms with Crippen molar-refractivity contribution in [3.05, 3.63) is 23.8 Å². The smallest absolute Gasteiger partial charge is 0.0481 e. The summed E-state index contributed by atoms with van der Waals surface area (Å²) in [6.07, 6.45) is 6.26. The van der Waals surface area contributed by atoms with Crippen LogP contribution in [0.3, 0.4) is 0 Å². The van der Waals surface area contributed by atoms with Gasteiger partial charge in [0.1, 0.15) is 0 Å². The fourth-order valence-electron chi connectivity index (χ4n) is 3.04. The third kappa shape index (κ3) is 2.83. The molecule has 0 spiro atoms. The number of rotatable bonds is 2. The van der Waals surface area contributed by atoms with Gasteiger partial charge in [0.15, 0.2) is 0 Å². The molecule has 1 aliphatic carbocycles. The van der Waals surface area contributed by atoms with E-state index in [1.165, 1.54) is 54.0 Å². The number of fused-ring (bicyclic) bond motifs is 1. The zero-order valence-electron chi connectivity index (χ0n) is 10.8. The van der Waals surface area contributed by atoms with Crippen molar-refractivity contribution in [2.45, 2.75) is 43.0 Å². The molecule has 0 bridgehead atoms. The molecule has 0 saturated heterocycles. The second kappa shape index (κ2) is 5.54. The molecule has 1 aromatic rings. The summed E-state index contributed by atoms with van der Waals surface area (Å²) >= 11 is 1.96. The molecule has 2 nitrogen and oxygen atoms in total. The third-order valence-electron chi connectivity index (χ3n) is 4.13. The molecule has 1 heterocycles. The second-order valence-electron chi connectivity index (χ2n) is 5.59. The summed E-state index contributed by atoms with van der Waals surface area (Å²) in [5.41, 5.74) is 8.80. The molecule has 1 aliphatic heterocycles. The number of hydrogen-bond acceptors (Lipinski definition) is 3. The number of nitrogens with one attached hydrogen (secondary N) is 1. The highest BCUT2D eigenvalue weighted by Gasteiger charge is 2.19. The lowest BCUT2D eigenvalue weighted by Crippen LogP contribution is -2.27. The van der Waals surface area contributed by atoms with E-state index in [0.29, 0.717) is 6.04 Å². The monoisotopic (exact) mass is 262 g/mol. The largest absolute Gasteiger partial charge is 0.383 e. The molecule has 0 unspecified atom stereocenters. The molecule has 0 amide bonds. The maximum Gasteiger partial charge on any atom is 0.0481 e. The Bertz CT molecular complexity index is 411. The Labute approximate surface area is 114 Å². The predicted molar refractivity (Wildman–Crippen MR) is 79.3 cm³/mol. The molecule has 1 saturated carbocycles. The Morgan fingerprint density at radius 1 is 1.22 bits per heavy atom. The van der Waals surface area contributed by atoms with E-state index in [0.717, 1.165) is 12.5 Å². The fraction of sp³-hybridized carbons (Fsp3) is 0.600. The van der Waals surface area contributed by atoms with Crippen LogP contribution in [0.5, 0.6) is 0 Å². The summed E-state index contributed by atoms with van der Waals surface area (Å²) in [5.74, 6) is 2.03. The van der Waals surface area contributed by atoms with Crippen LogP contribution in [0.2, 0.25) is 0 Å². The zero-order valence-corrected chi connectivity index (χ0v) is 11.6. The Hall–Kier alpha value is -0.670. The van der Waals surface area contributed by atoms with Gasteiger partial charge in [0, 0.05) is 28.9 Å². The van der Waals surface area contributed by atoms with Gasteiger partial charge >= 0.3 is 0 Å². The summed E-state index contributed by atoms with van der Waals surface area (Å²) in [6.45, 7) is 1.10. The van der Waals surface area contributed by atoms with Crippen molar-refractivity contribution < 1.29 is 0 Å². The van der Waals surface area contributed by atoms with Gasteiger partial charge in [0.2, 0.25) is 0 Å². The van der Waals surface area contributed by atoms with Gasteiger partial charge in [-0.15, -0.1) is 11.8 Å².